The lowest BCUT2D eigenvalue weighted by Gasteiger charge is -1.96. The highest BCUT2D eigenvalue weighted by atomic mass is 35.5. The Hall–Kier alpha value is -1.10. The maximum absolute atomic E-state index is 5.94. The summed E-state index contributed by atoms with van der Waals surface area (Å²) in [5, 5.41) is 8.84. The molecule has 0 saturated carbocycles. The average Bonchev–Trinajstić information content (AvgIpc) is 2.83. The van der Waals surface area contributed by atoms with Gasteiger partial charge in [-0.2, -0.15) is 0 Å². The third-order valence-electron chi connectivity index (χ3n) is 2.16. The molecule has 3 rings (SSSR count). The number of hydrogen-bond donors (Lipinski definition) is 0. The SMILES string of the molecule is Clc1ccc2nnc(-c3ccc(Cl)s3)n2c1. The summed E-state index contributed by atoms with van der Waals surface area (Å²) in [4.78, 5) is 0.972. The van der Waals surface area contributed by atoms with Gasteiger partial charge in [-0.15, -0.1) is 21.5 Å². The molecule has 0 aliphatic heterocycles. The topological polar surface area (TPSA) is 30.2 Å². The van der Waals surface area contributed by atoms with Gasteiger partial charge >= 0.3 is 0 Å². The number of aromatic nitrogens is 3. The fourth-order valence-corrected chi connectivity index (χ4v) is 2.65. The zero-order valence-electron chi connectivity index (χ0n) is 7.89. The van der Waals surface area contributed by atoms with Crippen molar-refractivity contribution in [3.63, 3.8) is 0 Å². The van der Waals surface area contributed by atoms with Crippen LogP contribution in [0.4, 0.5) is 0 Å². The molecule has 0 aliphatic rings. The first kappa shape index (κ1) is 10.1. The molecule has 3 aromatic heterocycles. The minimum Gasteiger partial charge on any atom is -0.280 e. The number of thiophene rings is 1. The van der Waals surface area contributed by atoms with Crippen LogP contribution in [0.5, 0.6) is 0 Å². The van der Waals surface area contributed by atoms with Crippen LogP contribution in [0.15, 0.2) is 30.5 Å². The van der Waals surface area contributed by atoms with E-state index < -0.39 is 0 Å². The van der Waals surface area contributed by atoms with Crippen molar-refractivity contribution >= 4 is 40.2 Å². The highest BCUT2D eigenvalue weighted by Gasteiger charge is 2.10. The first-order valence-electron chi connectivity index (χ1n) is 4.50. The zero-order chi connectivity index (χ0) is 11.1. The maximum atomic E-state index is 5.94. The Kier molecular flexibility index (Phi) is 2.35. The Bertz CT molecular complexity index is 659. The number of fused-ring (bicyclic) bond motifs is 1. The van der Waals surface area contributed by atoms with E-state index in [1.807, 2.05) is 22.6 Å². The smallest absolute Gasteiger partial charge is 0.178 e. The third kappa shape index (κ3) is 1.59. The minimum atomic E-state index is 0.649. The molecule has 0 aliphatic carbocycles. The van der Waals surface area contributed by atoms with E-state index in [-0.39, 0.29) is 0 Å². The van der Waals surface area contributed by atoms with Gasteiger partial charge in [-0.25, -0.2) is 0 Å². The van der Waals surface area contributed by atoms with Gasteiger partial charge in [0, 0.05) is 6.20 Å². The first-order valence-corrected chi connectivity index (χ1v) is 6.07. The van der Waals surface area contributed by atoms with Gasteiger partial charge in [0.25, 0.3) is 0 Å². The van der Waals surface area contributed by atoms with E-state index in [0.717, 1.165) is 20.7 Å². The van der Waals surface area contributed by atoms with Crippen molar-refractivity contribution in [2.24, 2.45) is 0 Å². The van der Waals surface area contributed by atoms with E-state index in [1.165, 1.54) is 11.3 Å². The molecule has 0 unspecified atom stereocenters. The summed E-state index contributed by atoms with van der Waals surface area (Å²) in [5.74, 6) is 0.759. The van der Waals surface area contributed by atoms with Gasteiger partial charge in [0.2, 0.25) is 0 Å². The highest BCUT2D eigenvalue weighted by Crippen LogP contribution is 2.30. The van der Waals surface area contributed by atoms with Crippen LogP contribution in [0.1, 0.15) is 0 Å². The van der Waals surface area contributed by atoms with Crippen LogP contribution in [-0.4, -0.2) is 14.6 Å². The lowest BCUT2D eigenvalue weighted by Crippen LogP contribution is -1.86. The first-order chi connectivity index (χ1) is 7.74. The van der Waals surface area contributed by atoms with Crippen molar-refractivity contribution in [1.82, 2.24) is 14.6 Å². The summed E-state index contributed by atoms with van der Waals surface area (Å²) in [7, 11) is 0. The molecule has 3 aromatic rings. The average molecular weight is 270 g/mol. The van der Waals surface area contributed by atoms with Gasteiger partial charge in [-0.05, 0) is 24.3 Å². The van der Waals surface area contributed by atoms with Crippen LogP contribution < -0.4 is 0 Å². The summed E-state index contributed by atoms with van der Waals surface area (Å²) in [5.41, 5.74) is 0.768. The summed E-state index contributed by atoms with van der Waals surface area (Å²) in [6.07, 6.45) is 1.79. The second-order valence-electron chi connectivity index (χ2n) is 3.20. The number of pyridine rings is 1. The van der Waals surface area contributed by atoms with Crippen LogP contribution in [0.2, 0.25) is 9.36 Å². The lowest BCUT2D eigenvalue weighted by molar-refractivity contribution is 1.12. The maximum Gasteiger partial charge on any atom is 0.178 e. The van der Waals surface area contributed by atoms with Crippen molar-refractivity contribution in [2.45, 2.75) is 0 Å². The van der Waals surface area contributed by atoms with Crippen LogP contribution in [0.25, 0.3) is 16.3 Å². The van der Waals surface area contributed by atoms with Crippen molar-refractivity contribution < 1.29 is 0 Å². The van der Waals surface area contributed by atoms with Gasteiger partial charge in [-0.1, -0.05) is 23.2 Å². The predicted octanol–water partition coefficient (Wildman–Crippen LogP) is 3.76. The molecule has 3 nitrogen and oxygen atoms in total. The second-order valence-corrected chi connectivity index (χ2v) is 5.35. The molecule has 0 N–H and O–H groups in total. The van der Waals surface area contributed by atoms with Crippen LogP contribution in [0, 0.1) is 0 Å². The molecular weight excluding hydrogens is 265 g/mol. The third-order valence-corrected chi connectivity index (χ3v) is 3.61. The molecule has 0 amide bonds. The Morgan fingerprint density at radius 2 is 1.94 bits per heavy atom. The van der Waals surface area contributed by atoms with E-state index in [0.29, 0.717) is 5.02 Å². The standard InChI is InChI=1S/C10H5Cl2N3S/c11-6-1-4-9-13-14-10(15(9)5-6)7-2-3-8(12)16-7/h1-5H. The van der Waals surface area contributed by atoms with E-state index in [9.17, 15) is 0 Å². The quantitative estimate of drug-likeness (QED) is 0.673. The summed E-state index contributed by atoms with van der Waals surface area (Å²) in [6.45, 7) is 0. The Morgan fingerprint density at radius 3 is 2.69 bits per heavy atom. The highest BCUT2D eigenvalue weighted by molar-refractivity contribution is 7.19. The normalized spacial score (nSPS) is 11.1. The molecule has 16 heavy (non-hydrogen) atoms. The van der Waals surface area contributed by atoms with Gasteiger partial charge in [0.1, 0.15) is 0 Å². The van der Waals surface area contributed by atoms with E-state index in [2.05, 4.69) is 10.2 Å². The van der Waals surface area contributed by atoms with Gasteiger partial charge in [0.05, 0.1) is 14.2 Å². The molecule has 0 bridgehead atoms. The van der Waals surface area contributed by atoms with Crippen molar-refractivity contribution in [2.75, 3.05) is 0 Å². The molecule has 0 radical (unpaired) electrons. The molecule has 0 atom stereocenters. The predicted molar refractivity (Wildman–Crippen MR) is 66.3 cm³/mol. The van der Waals surface area contributed by atoms with Crippen molar-refractivity contribution in [1.29, 1.82) is 0 Å². The van der Waals surface area contributed by atoms with Crippen LogP contribution in [0.3, 0.4) is 0 Å². The molecule has 3 heterocycles. The summed E-state index contributed by atoms with van der Waals surface area (Å²) >= 11 is 13.3. The molecule has 0 aromatic carbocycles. The number of rotatable bonds is 1. The van der Waals surface area contributed by atoms with Crippen molar-refractivity contribution in [3.05, 3.63) is 39.8 Å². The van der Waals surface area contributed by atoms with E-state index in [1.54, 1.807) is 12.3 Å². The number of hydrogen-bond acceptors (Lipinski definition) is 3. The Balaban J connectivity index is 2.27. The van der Waals surface area contributed by atoms with Crippen LogP contribution in [-0.2, 0) is 0 Å². The molecule has 0 fully saturated rings. The fraction of sp³-hybridized carbons (Fsp3) is 0. The van der Waals surface area contributed by atoms with Crippen molar-refractivity contribution in [3.8, 4) is 10.7 Å². The Morgan fingerprint density at radius 1 is 1.06 bits per heavy atom. The second kappa shape index (κ2) is 3.73. The van der Waals surface area contributed by atoms with E-state index in [4.69, 9.17) is 23.2 Å². The van der Waals surface area contributed by atoms with Gasteiger partial charge < -0.3 is 0 Å². The lowest BCUT2D eigenvalue weighted by atomic mass is 10.4. The monoisotopic (exact) mass is 269 g/mol. The molecular formula is C10H5Cl2N3S. The Labute approximate surface area is 105 Å². The molecule has 0 spiro atoms. The molecule has 0 saturated heterocycles. The van der Waals surface area contributed by atoms with Crippen LogP contribution >= 0.6 is 34.5 Å². The van der Waals surface area contributed by atoms with Gasteiger partial charge in [0.15, 0.2) is 11.5 Å². The summed E-state index contributed by atoms with van der Waals surface area (Å²) < 4.78 is 2.58. The summed E-state index contributed by atoms with van der Waals surface area (Å²) in [6, 6.07) is 7.38. The fourth-order valence-electron chi connectivity index (χ4n) is 1.47. The number of nitrogens with zero attached hydrogens (tertiary/aromatic N) is 3. The van der Waals surface area contributed by atoms with E-state index >= 15 is 0 Å². The molecule has 80 valence electrons. The largest absolute Gasteiger partial charge is 0.280 e. The zero-order valence-corrected chi connectivity index (χ0v) is 10.2. The number of halogens is 2. The van der Waals surface area contributed by atoms with Gasteiger partial charge in [-0.3, -0.25) is 4.40 Å². The molecule has 6 heteroatoms. The minimum absolute atomic E-state index is 0.649.